The first-order valence-electron chi connectivity index (χ1n) is 6.40. The van der Waals surface area contributed by atoms with Crippen molar-refractivity contribution in [2.75, 3.05) is 21.3 Å². The van der Waals surface area contributed by atoms with Crippen LogP contribution in [0, 0.1) is 5.92 Å². The number of methoxy groups -OCH3 is 3. The van der Waals surface area contributed by atoms with Gasteiger partial charge in [-0.25, -0.2) is 0 Å². The summed E-state index contributed by atoms with van der Waals surface area (Å²) in [5.74, 6) is 1.98. The number of ketones is 1. The largest absolute Gasteiger partial charge is 0.493 e. The summed E-state index contributed by atoms with van der Waals surface area (Å²) in [6.45, 7) is 4.14. The molecule has 0 radical (unpaired) electrons. The molecular weight excluding hydrogens is 244 g/mol. The summed E-state index contributed by atoms with van der Waals surface area (Å²) >= 11 is 0. The van der Waals surface area contributed by atoms with Crippen molar-refractivity contribution < 1.29 is 19.0 Å². The van der Waals surface area contributed by atoms with Crippen LogP contribution >= 0.6 is 0 Å². The molecule has 0 saturated carbocycles. The monoisotopic (exact) mass is 266 g/mol. The van der Waals surface area contributed by atoms with Crippen molar-refractivity contribution in [1.82, 2.24) is 0 Å². The van der Waals surface area contributed by atoms with E-state index in [1.807, 2.05) is 0 Å². The highest BCUT2D eigenvalue weighted by Gasteiger charge is 2.17. The van der Waals surface area contributed by atoms with Crippen LogP contribution in [-0.4, -0.2) is 27.1 Å². The Kier molecular flexibility index (Phi) is 5.67. The minimum Gasteiger partial charge on any atom is -0.493 e. The van der Waals surface area contributed by atoms with Crippen LogP contribution in [0.1, 0.15) is 37.0 Å². The Labute approximate surface area is 114 Å². The minimum atomic E-state index is 0.0913. The predicted molar refractivity (Wildman–Crippen MR) is 74.5 cm³/mol. The van der Waals surface area contributed by atoms with Gasteiger partial charge in [-0.2, -0.15) is 0 Å². The zero-order chi connectivity index (χ0) is 14.4. The Balaban J connectivity index is 3.12. The fraction of sp³-hybridized carbons (Fsp3) is 0.533. The molecule has 0 amide bonds. The Morgan fingerprint density at radius 3 is 2.00 bits per heavy atom. The van der Waals surface area contributed by atoms with Crippen LogP contribution in [0.2, 0.25) is 0 Å². The van der Waals surface area contributed by atoms with E-state index in [2.05, 4.69) is 13.8 Å². The smallest absolute Gasteiger partial charge is 0.203 e. The average molecular weight is 266 g/mol. The Hall–Kier alpha value is -1.71. The number of rotatable bonds is 7. The van der Waals surface area contributed by atoms with E-state index in [1.54, 1.807) is 33.5 Å². The summed E-state index contributed by atoms with van der Waals surface area (Å²) in [6, 6.07) is 3.40. The Bertz CT molecular complexity index is 415. The summed E-state index contributed by atoms with van der Waals surface area (Å²) in [7, 11) is 4.63. The standard InChI is InChI=1S/C15H22O4/c1-6-10(2)7-12(16)11-8-13(17-3)15(19-5)14(9-11)18-4/h8-10H,6-7H2,1-5H3. The van der Waals surface area contributed by atoms with Crippen molar-refractivity contribution in [1.29, 1.82) is 0 Å². The van der Waals surface area contributed by atoms with Gasteiger partial charge in [0.15, 0.2) is 17.3 Å². The number of carbonyl (C=O) groups excluding carboxylic acids is 1. The lowest BCUT2D eigenvalue weighted by molar-refractivity contribution is 0.0963. The van der Waals surface area contributed by atoms with E-state index in [0.29, 0.717) is 35.2 Å². The number of benzene rings is 1. The van der Waals surface area contributed by atoms with Crippen LogP contribution in [0.15, 0.2) is 12.1 Å². The van der Waals surface area contributed by atoms with E-state index in [-0.39, 0.29) is 5.78 Å². The van der Waals surface area contributed by atoms with E-state index >= 15 is 0 Å². The lowest BCUT2D eigenvalue weighted by Gasteiger charge is -2.14. The molecule has 4 nitrogen and oxygen atoms in total. The van der Waals surface area contributed by atoms with E-state index in [4.69, 9.17) is 14.2 Å². The second-order valence-electron chi connectivity index (χ2n) is 4.55. The molecule has 0 aliphatic heterocycles. The molecule has 1 aromatic rings. The average Bonchev–Trinajstić information content (AvgIpc) is 2.44. The molecule has 0 aliphatic carbocycles. The number of hydrogen-bond donors (Lipinski definition) is 0. The lowest BCUT2D eigenvalue weighted by Crippen LogP contribution is -2.06. The van der Waals surface area contributed by atoms with Crippen LogP contribution in [0.3, 0.4) is 0 Å². The van der Waals surface area contributed by atoms with Crippen molar-refractivity contribution in [2.24, 2.45) is 5.92 Å². The topological polar surface area (TPSA) is 44.8 Å². The summed E-state index contributed by atoms with van der Waals surface area (Å²) < 4.78 is 15.7. The molecule has 1 atom stereocenters. The lowest BCUT2D eigenvalue weighted by atomic mass is 9.97. The maximum Gasteiger partial charge on any atom is 0.203 e. The van der Waals surface area contributed by atoms with Crippen LogP contribution in [0.4, 0.5) is 0 Å². The van der Waals surface area contributed by atoms with Gasteiger partial charge in [0.2, 0.25) is 5.75 Å². The highest BCUT2D eigenvalue weighted by atomic mass is 16.5. The van der Waals surface area contributed by atoms with E-state index < -0.39 is 0 Å². The Morgan fingerprint density at radius 1 is 1.11 bits per heavy atom. The number of Topliss-reactive ketones (excluding diaryl/α,β-unsaturated/α-hetero) is 1. The highest BCUT2D eigenvalue weighted by Crippen LogP contribution is 2.38. The van der Waals surface area contributed by atoms with Gasteiger partial charge >= 0.3 is 0 Å². The molecule has 1 aromatic carbocycles. The zero-order valence-electron chi connectivity index (χ0n) is 12.3. The van der Waals surface area contributed by atoms with Gasteiger partial charge in [-0.1, -0.05) is 20.3 Å². The van der Waals surface area contributed by atoms with Gasteiger partial charge in [-0.15, -0.1) is 0 Å². The van der Waals surface area contributed by atoms with Gasteiger partial charge < -0.3 is 14.2 Å². The van der Waals surface area contributed by atoms with Crippen molar-refractivity contribution in [3.05, 3.63) is 17.7 Å². The predicted octanol–water partition coefficient (Wildman–Crippen LogP) is 3.33. The van der Waals surface area contributed by atoms with E-state index in [0.717, 1.165) is 6.42 Å². The minimum absolute atomic E-state index is 0.0913. The van der Waals surface area contributed by atoms with Crippen molar-refractivity contribution in [3.63, 3.8) is 0 Å². The van der Waals surface area contributed by atoms with Crippen LogP contribution in [0.5, 0.6) is 17.2 Å². The van der Waals surface area contributed by atoms with Crippen LogP contribution < -0.4 is 14.2 Å². The molecule has 0 aromatic heterocycles. The molecule has 0 saturated heterocycles. The van der Waals surface area contributed by atoms with Gasteiger partial charge in [0.25, 0.3) is 0 Å². The van der Waals surface area contributed by atoms with Gasteiger partial charge in [0.05, 0.1) is 21.3 Å². The second kappa shape index (κ2) is 7.02. The first-order chi connectivity index (χ1) is 9.07. The zero-order valence-corrected chi connectivity index (χ0v) is 12.3. The molecule has 1 rings (SSSR count). The molecular formula is C15H22O4. The molecule has 0 heterocycles. The van der Waals surface area contributed by atoms with Gasteiger partial charge in [0.1, 0.15) is 0 Å². The molecule has 0 N–H and O–H groups in total. The quantitative estimate of drug-likeness (QED) is 0.710. The molecule has 1 unspecified atom stereocenters. The van der Waals surface area contributed by atoms with Crippen molar-refractivity contribution in [2.45, 2.75) is 26.7 Å². The van der Waals surface area contributed by atoms with Crippen molar-refractivity contribution in [3.8, 4) is 17.2 Å². The van der Waals surface area contributed by atoms with Gasteiger partial charge in [-0.3, -0.25) is 4.79 Å². The fourth-order valence-electron chi connectivity index (χ4n) is 1.82. The van der Waals surface area contributed by atoms with Crippen molar-refractivity contribution >= 4 is 5.78 Å². The second-order valence-corrected chi connectivity index (χ2v) is 4.55. The normalized spacial score (nSPS) is 11.8. The summed E-state index contributed by atoms with van der Waals surface area (Å²) in [6.07, 6.45) is 1.51. The van der Waals surface area contributed by atoms with E-state index in [9.17, 15) is 4.79 Å². The highest BCUT2D eigenvalue weighted by molar-refractivity contribution is 5.97. The Morgan fingerprint density at radius 2 is 1.63 bits per heavy atom. The SMILES string of the molecule is CCC(C)CC(=O)c1cc(OC)c(OC)c(OC)c1. The molecule has 19 heavy (non-hydrogen) atoms. The van der Waals surface area contributed by atoms with E-state index in [1.165, 1.54) is 0 Å². The summed E-state index contributed by atoms with van der Waals surface area (Å²) in [5.41, 5.74) is 0.592. The molecule has 0 aliphatic rings. The van der Waals surface area contributed by atoms with Gasteiger partial charge in [-0.05, 0) is 18.1 Å². The third kappa shape index (κ3) is 3.63. The molecule has 0 bridgehead atoms. The number of ether oxygens (including phenoxy) is 3. The number of carbonyl (C=O) groups is 1. The third-order valence-corrected chi connectivity index (χ3v) is 3.22. The molecule has 0 fully saturated rings. The first-order valence-corrected chi connectivity index (χ1v) is 6.40. The fourth-order valence-corrected chi connectivity index (χ4v) is 1.82. The molecule has 4 heteroatoms. The first kappa shape index (κ1) is 15.3. The molecule has 106 valence electrons. The van der Waals surface area contributed by atoms with Crippen LogP contribution in [-0.2, 0) is 0 Å². The van der Waals surface area contributed by atoms with Crippen LogP contribution in [0.25, 0.3) is 0 Å². The maximum atomic E-state index is 12.2. The maximum absolute atomic E-state index is 12.2. The summed E-state index contributed by atoms with van der Waals surface area (Å²) in [5, 5.41) is 0. The summed E-state index contributed by atoms with van der Waals surface area (Å²) in [4.78, 5) is 12.2. The third-order valence-electron chi connectivity index (χ3n) is 3.22. The number of hydrogen-bond acceptors (Lipinski definition) is 4. The molecule has 0 spiro atoms. The van der Waals surface area contributed by atoms with Gasteiger partial charge in [0, 0.05) is 12.0 Å².